The van der Waals surface area contributed by atoms with Crippen LogP contribution in [0, 0.1) is 6.92 Å². The predicted molar refractivity (Wildman–Crippen MR) is 91.6 cm³/mol. The normalized spacial score (nSPS) is 10.8. The average Bonchev–Trinajstić information content (AvgIpc) is 2.98. The minimum Gasteiger partial charge on any atom is -0.355 e. The van der Waals surface area contributed by atoms with Crippen LogP contribution >= 0.6 is 11.8 Å². The van der Waals surface area contributed by atoms with Crippen LogP contribution in [0.2, 0.25) is 0 Å². The van der Waals surface area contributed by atoms with Crippen LogP contribution in [-0.4, -0.2) is 32.8 Å². The highest BCUT2D eigenvalue weighted by atomic mass is 32.2. The summed E-state index contributed by atoms with van der Waals surface area (Å²) >= 11 is 1.54. The van der Waals surface area contributed by atoms with Gasteiger partial charge in [0.25, 0.3) is 0 Å². The Balaban J connectivity index is 1.45. The predicted octanol–water partition coefficient (Wildman–Crippen LogP) is 2.49. The largest absolute Gasteiger partial charge is 0.355 e. The summed E-state index contributed by atoms with van der Waals surface area (Å²) < 4.78 is 1.94. The summed E-state index contributed by atoms with van der Waals surface area (Å²) in [5, 5.41) is 11.2. The van der Waals surface area contributed by atoms with Gasteiger partial charge in [0.2, 0.25) is 5.91 Å². The highest BCUT2D eigenvalue weighted by molar-refractivity contribution is 8.00. The van der Waals surface area contributed by atoms with Gasteiger partial charge in [-0.25, -0.2) is 0 Å². The molecule has 0 spiro atoms. The molecule has 1 N–H and O–H groups in total. The molecule has 0 bridgehead atoms. The molecule has 0 atom stereocenters. The molecule has 0 aliphatic rings. The van der Waals surface area contributed by atoms with E-state index < -0.39 is 0 Å². The molecule has 0 aliphatic carbocycles. The molecule has 0 saturated carbocycles. The summed E-state index contributed by atoms with van der Waals surface area (Å²) in [6.07, 6.45) is 2.59. The van der Waals surface area contributed by atoms with E-state index in [4.69, 9.17) is 0 Å². The van der Waals surface area contributed by atoms with Gasteiger partial charge in [-0.3, -0.25) is 9.20 Å². The first kappa shape index (κ1) is 15.6. The number of hydrogen-bond acceptors (Lipinski definition) is 4. The van der Waals surface area contributed by atoms with Gasteiger partial charge in [0.05, 0.1) is 5.75 Å². The molecule has 6 heteroatoms. The van der Waals surface area contributed by atoms with Crippen molar-refractivity contribution in [3.05, 3.63) is 60.0 Å². The molecule has 2 aromatic heterocycles. The van der Waals surface area contributed by atoms with Crippen molar-refractivity contribution in [3.8, 4) is 0 Å². The fraction of sp³-hybridized carbons (Fsp3) is 0.235. The maximum Gasteiger partial charge on any atom is 0.230 e. The van der Waals surface area contributed by atoms with Crippen molar-refractivity contribution >= 4 is 23.3 Å². The number of benzene rings is 1. The fourth-order valence-electron chi connectivity index (χ4n) is 2.21. The number of aryl methyl sites for hydroxylation is 1. The summed E-state index contributed by atoms with van der Waals surface area (Å²) in [7, 11) is 0. The number of pyridine rings is 1. The monoisotopic (exact) mass is 326 g/mol. The number of fused-ring (bicyclic) bond motifs is 1. The van der Waals surface area contributed by atoms with Crippen molar-refractivity contribution in [2.75, 3.05) is 12.3 Å². The maximum absolute atomic E-state index is 11.9. The minimum atomic E-state index is 0.0318. The Bertz CT molecular complexity index is 798. The van der Waals surface area contributed by atoms with E-state index in [0.717, 1.165) is 16.4 Å². The number of hydrogen-bond donors (Lipinski definition) is 1. The van der Waals surface area contributed by atoms with Gasteiger partial charge < -0.3 is 5.32 Å². The van der Waals surface area contributed by atoms with E-state index in [2.05, 4.69) is 34.6 Å². The Morgan fingerprint density at radius 2 is 2.00 bits per heavy atom. The molecule has 23 heavy (non-hydrogen) atoms. The third kappa shape index (κ3) is 4.10. The molecule has 0 radical (unpaired) electrons. The van der Waals surface area contributed by atoms with Gasteiger partial charge in [-0.05, 0) is 31.2 Å². The lowest BCUT2D eigenvalue weighted by Gasteiger charge is -2.05. The molecule has 1 aromatic carbocycles. The number of carbonyl (C=O) groups is 1. The summed E-state index contributed by atoms with van der Waals surface area (Å²) in [6, 6.07) is 14.0. The number of thioether (sulfide) groups is 1. The molecule has 0 fully saturated rings. The molecule has 1 amide bonds. The number of amides is 1. The standard InChI is InChI=1S/C17H18N4OS/c1-13-5-7-14(8-6-13)23-12-17(22)18-10-9-16-20-19-15-4-2-3-11-21(15)16/h2-8,11H,9-10,12H2,1H3,(H,18,22). The first-order chi connectivity index (χ1) is 11.2. The Labute approximate surface area is 139 Å². The van der Waals surface area contributed by atoms with E-state index in [0.29, 0.717) is 18.7 Å². The van der Waals surface area contributed by atoms with Crippen LogP contribution in [0.15, 0.2) is 53.6 Å². The van der Waals surface area contributed by atoms with E-state index in [9.17, 15) is 4.79 Å². The van der Waals surface area contributed by atoms with Crippen LogP contribution in [0.5, 0.6) is 0 Å². The molecular weight excluding hydrogens is 308 g/mol. The SMILES string of the molecule is Cc1ccc(SCC(=O)NCCc2nnc3ccccn23)cc1. The third-order valence-corrected chi connectivity index (χ3v) is 4.46. The molecule has 3 aromatic rings. The second kappa shape index (κ2) is 7.28. The number of nitrogens with one attached hydrogen (secondary N) is 1. The number of carbonyl (C=O) groups excluding carboxylic acids is 1. The molecular formula is C17H18N4OS. The highest BCUT2D eigenvalue weighted by Gasteiger charge is 2.06. The van der Waals surface area contributed by atoms with Gasteiger partial charge in [0, 0.05) is 24.1 Å². The van der Waals surface area contributed by atoms with Crippen molar-refractivity contribution in [3.63, 3.8) is 0 Å². The third-order valence-electron chi connectivity index (χ3n) is 3.45. The Morgan fingerprint density at radius 3 is 2.83 bits per heavy atom. The number of aromatic nitrogens is 3. The molecule has 0 saturated heterocycles. The van der Waals surface area contributed by atoms with Crippen LogP contribution in [0.4, 0.5) is 0 Å². The van der Waals surface area contributed by atoms with Crippen LogP contribution < -0.4 is 5.32 Å². The van der Waals surface area contributed by atoms with E-state index in [1.165, 1.54) is 5.56 Å². The van der Waals surface area contributed by atoms with Crippen LogP contribution in [0.3, 0.4) is 0 Å². The molecule has 118 valence electrons. The van der Waals surface area contributed by atoms with Gasteiger partial charge in [-0.1, -0.05) is 23.8 Å². The Kier molecular flexibility index (Phi) is 4.92. The number of rotatable bonds is 6. The first-order valence-electron chi connectivity index (χ1n) is 7.47. The van der Waals surface area contributed by atoms with Crippen molar-refractivity contribution in [2.45, 2.75) is 18.2 Å². The van der Waals surface area contributed by atoms with Gasteiger partial charge in [-0.15, -0.1) is 22.0 Å². The summed E-state index contributed by atoms with van der Waals surface area (Å²) in [4.78, 5) is 13.0. The van der Waals surface area contributed by atoms with E-state index in [1.54, 1.807) is 11.8 Å². The zero-order chi connectivity index (χ0) is 16.1. The summed E-state index contributed by atoms with van der Waals surface area (Å²) in [5.74, 6) is 1.31. The topological polar surface area (TPSA) is 59.3 Å². The van der Waals surface area contributed by atoms with Crippen molar-refractivity contribution in [2.24, 2.45) is 0 Å². The summed E-state index contributed by atoms with van der Waals surface area (Å²) in [6.45, 7) is 2.61. The minimum absolute atomic E-state index is 0.0318. The zero-order valence-electron chi connectivity index (χ0n) is 12.9. The lowest BCUT2D eigenvalue weighted by molar-refractivity contribution is -0.118. The molecule has 5 nitrogen and oxygen atoms in total. The summed E-state index contributed by atoms with van der Waals surface area (Å²) in [5.41, 5.74) is 2.04. The highest BCUT2D eigenvalue weighted by Crippen LogP contribution is 2.17. The van der Waals surface area contributed by atoms with Crippen LogP contribution in [-0.2, 0) is 11.2 Å². The quantitative estimate of drug-likeness (QED) is 0.707. The van der Waals surface area contributed by atoms with Gasteiger partial charge >= 0.3 is 0 Å². The fourth-order valence-corrected chi connectivity index (χ4v) is 2.94. The Morgan fingerprint density at radius 1 is 1.17 bits per heavy atom. The zero-order valence-corrected chi connectivity index (χ0v) is 13.7. The maximum atomic E-state index is 11.9. The smallest absolute Gasteiger partial charge is 0.230 e. The lowest BCUT2D eigenvalue weighted by Crippen LogP contribution is -2.27. The molecule has 3 rings (SSSR count). The van der Waals surface area contributed by atoms with Crippen molar-refractivity contribution in [1.29, 1.82) is 0 Å². The van der Waals surface area contributed by atoms with Gasteiger partial charge in [0.1, 0.15) is 5.82 Å². The lowest BCUT2D eigenvalue weighted by atomic mass is 10.2. The average molecular weight is 326 g/mol. The second-order valence-corrected chi connectivity index (χ2v) is 6.30. The van der Waals surface area contributed by atoms with E-state index in [1.807, 2.05) is 40.9 Å². The first-order valence-corrected chi connectivity index (χ1v) is 8.46. The molecule has 2 heterocycles. The molecule has 0 unspecified atom stereocenters. The second-order valence-electron chi connectivity index (χ2n) is 5.25. The number of nitrogens with zero attached hydrogens (tertiary/aromatic N) is 3. The van der Waals surface area contributed by atoms with Gasteiger partial charge in [0.15, 0.2) is 5.65 Å². The van der Waals surface area contributed by atoms with Gasteiger partial charge in [-0.2, -0.15) is 0 Å². The van der Waals surface area contributed by atoms with Crippen molar-refractivity contribution in [1.82, 2.24) is 19.9 Å². The Hall–Kier alpha value is -2.34. The molecule has 0 aliphatic heterocycles. The van der Waals surface area contributed by atoms with E-state index in [-0.39, 0.29) is 5.91 Å². The van der Waals surface area contributed by atoms with Crippen molar-refractivity contribution < 1.29 is 4.79 Å². The van der Waals surface area contributed by atoms with Crippen LogP contribution in [0.1, 0.15) is 11.4 Å². The van der Waals surface area contributed by atoms with Crippen LogP contribution in [0.25, 0.3) is 5.65 Å². The van der Waals surface area contributed by atoms with E-state index >= 15 is 0 Å².